The number of azide groups is 1. The minimum atomic E-state index is -1.10. The van der Waals surface area contributed by atoms with Crippen LogP contribution in [0.2, 0.25) is 0 Å². The molecule has 1 unspecified atom stereocenters. The van der Waals surface area contributed by atoms with Gasteiger partial charge in [-0.2, -0.15) is 0 Å². The molecule has 0 aliphatic rings. The van der Waals surface area contributed by atoms with Gasteiger partial charge in [-0.25, -0.2) is 0 Å². The van der Waals surface area contributed by atoms with E-state index in [1.165, 1.54) is 11.8 Å². The van der Waals surface area contributed by atoms with Gasteiger partial charge in [0.05, 0.1) is 0 Å². The average Bonchev–Trinajstić information content (AvgIpc) is 2.25. The molecule has 0 fully saturated rings. The molecule has 0 saturated heterocycles. The zero-order valence-electron chi connectivity index (χ0n) is 7.78. The SMILES string of the molecule is [N-]=[N+]=NC(CSc1ccccc1)C(=O)O. The summed E-state index contributed by atoms with van der Waals surface area (Å²) in [6.07, 6.45) is 0. The highest BCUT2D eigenvalue weighted by atomic mass is 32.2. The van der Waals surface area contributed by atoms with Crippen LogP contribution in [0.5, 0.6) is 0 Å². The Kier molecular flexibility index (Phi) is 4.53. The van der Waals surface area contributed by atoms with Crippen LogP contribution in [0.3, 0.4) is 0 Å². The van der Waals surface area contributed by atoms with Crippen molar-refractivity contribution in [1.29, 1.82) is 0 Å². The zero-order chi connectivity index (χ0) is 11.1. The van der Waals surface area contributed by atoms with Crippen LogP contribution < -0.4 is 0 Å². The van der Waals surface area contributed by atoms with Crippen LogP contribution in [0.15, 0.2) is 40.3 Å². The van der Waals surface area contributed by atoms with Crippen molar-refractivity contribution in [2.45, 2.75) is 10.9 Å². The van der Waals surface area contributed by atoms with Crippen molar-refractivity contribution in [3.63, 3.8) is 0 Å². The second-order valence-corrected chi connectivity index (χ2v) is 3.78. The van der Waals surface area contributed by atoms with Crippen molar-refractivity contribution in [3.8, 4) is 0 Å². The number of hydrogen-bond donors (Lipinski definition) is 1. The number of thioether (sulfide) groups is 1. The molecule has 78 valence electrons. The third-order valence-corrected chi connectivity index (χ3v) is 2.72. The fourth-order valence-corrected chi connectivity index (χ4v) is 1.82. The molecule has 15 heavy (non-hydrogen) atoms. The lowest BCUT2D eigenvalue weighted by Crippen LogP contribution is -2.19. The summed E-state index contributed by atoms with van der Waals surface area (Å²) in [5.41, 5.74) is 8.17. The summed E-state index contributed by atoms with van der Waals surface area (Å²) >= 11 is 1.35. The maximum Gasteiger partial charge on any atom is 0.313 e. The van der Waals surface area contributed by atoms with Gasteiger partial charge in [-0.15, -0.1) is 11.8 Å². The largest absolute Gasteiger partial charge is 0.481 e. The van der Waals surface area contributed by atoms with Gasteiger partial charge in [-0.3, -0.25) is 4.79 Å². The van der Waals surface area contributed by atoms with Crippen LogP contribution >= 0.6 is 11.8 Å². The molecule has 0 aromatic heterocycles. The van der Waals surface area contributed by atoms with E-state index in [0.717, 1.165) is 4.90 Å². The Labute approximate surface area is 90.7 Å². The van der Waals surface area contributed by atoms with Crippen LogP contribution in [0.1, 0.15) is 0 Å². The summed E-state index contributed by atoms with van der Waals surface area (Å²) in [5.74, 6) is -0.861. The smallest absolute Gasteiger partial charge is 0.313 e. The Morgan fingerprint density at radius 2 is 2.20 bits per heavy atom. The van der Waals surface area contributed by atoms with Crippen LogP contribution in [0.4, 0.5) is 0 Å². The van der Waals surface area contributed by atoms with Crippen LogP contribution in [-0.4, -0.2) is 22.9 Å². The zero-order valence-corrected chi connectivity index (χ0v) is 8.59. The quantitative estimate of drug-likeness (QED) is 0.360. The molecule has 1 atom stereocenters. The molecule has 0 spiro atoms. The van der Waals surface area contributed by atoms with Crippen molar-refractivity contribution >= 4 is 17.7 Å². The molecule has 6 heteroatoms. The predicted octanol–water partition coefficient (Wildman–Crippen LogP) is 2.54. The van der Waals surface area contributed by atoms with Gasteiger partial charge in [0.25, 0.3) is 0 Å². The third kappa shape index (κ3) is 3.93. The Hall–Kier alpha value is -1.65. The lowest BCUT2D eigenvalue weighted by Gasteiger charge is -2.04. The lowest BCUT2D eigenvalue weighted by molar-refractivity contribution is -0.137. The van der Waals surface area contributed by atoms with E-state index in [0.29, 0.717) is 0 Å². The average molecular weight is 223 g/mol. The Morgan fingerprint density at radius 1 is 1.53 bits per heavy atom. The highest BCUT2D eigenvalue weighted by Crippen LogP contribution is 2.18. The van der Waals surface area contributed by atoms with Gasteiger partial charge < -0.3 is 5.11 Å². The molecule has 1 aromatic rings. The van der Waals surface area contributed by atoms with Gasteiger partial charge in [0, 0.05) is 15.6 Å². The molecule has 0 bridgehead atoms. The van der Waals surface area contributed by atoms with Gasteiger partial charge in [0.1, 0.15) is 6.04 Å². The minimum Gasteiger partial charge on any atom is -0.481 e. The highest BCUT2D eigenvalue weighted by Gasteiger charge is 2.15. The van der Waals surface area contributed by atoms with Gasteiger partial charge in [0.15, 0.2) is 0 Å². The number of carboxylic acids is 1. The normalized spacial score (nSPS) is 11.5. The summed E-state index contributed by atoms with van der Waals surface area (Å²) in [6, 6.07) is 8.35. The summed E-state index contributed by atoms with van der Waals surface area (Å²) in [6.45, 7) is 0. The molecule has 0 radical (unpaired) electrons. The first-order valence-corrected chi connectivity index (χ1v) is 5.17. The van der Waals surface area contributed by atoms with E-state index in [-0.39, 0.29) is 5.75 Å². The monoisotopic (exact) mass is 223 g/mol. The van der Waals surface area contributed by atoms with Gasteiger partial charge in [-0.1, -0.05) is 23.3 Å². The number of carbonyl (C=O) groups is 1. The van der Waals surface area contributed by atoms with Crippen LogP contribution in [0.25, 0.3) is 10.4 Å². The number of benzene rings is 1. The van der Waals surface area contributed by atoms with E-state index >= 15 is 0 Å². The molecule has 1 N–H and O–H groups in total. The molecule has 0 heterocycles. The minimum absolute atomic E-state index is 0.239. The van der Waals surface area contributed by atoms with E-state index in [1.54, 1.807) is 0 Å². The first-order valence-electron chi connectivity index (χ1n) is 4.19. The van der Waals surface area contributed by atoms with Crippen LogP contribution in [-0.2, 0) is 4.79 Å². The molecular weight excluding hydrogens is 214 g/mol. The molecule has 5 nitrogen and oxygen atoms in total. The third-order valence-electron chi connectivity index (χ3n) is 1.63. The van der Waals surface area contributed by atoms with Crippen molar-refractivity contribution in [2.24, 2.45) is 5.11 Å². The second-order valence-electron chi connectivity index (χ2n) is 2.68. The van der Waals surface area contributed by atoms with Crippen molar-refractivity contribution < 1.29 is 9.90 Å². The highest BCUT2D eigenvalue weighted by molar-refractivity contribution is 7.99. The summed E-state index contributed by atoms with van der Waals surface area (Å²) in [4.78, 5) is 14.1. The van der Waals surface area contributed by atoms with Crippen molar-refractivity contribution in [3.05, 3.63) is 40.8 Å². The number of aliphatic carboxylic acids is 1. The van der Waals surface area contributed by atoms with E-state index in [9.17, 15) is 4.79 Å². The first-order chi connectivity index (χ1) is 7.24. The van der Waals surface area contributed by atoms with Gasteiger partial charge in [0.2, 0.25) is 0 Å². The molecule has 1 aromatic carbocycles. The molecule has 0 aliphatic carbocycles. The van der Waals surface area contributed by atoms with Gasteiger partial charge in [-0.05, 0) is 17.7 Å². The fraction of sp³-hybridized carbons (Fsp3) is 0.222. The van der Waals surface area contributed by atoms with Crippen LogP contribution in [0, 0.1) is 0 Å². The van der Waals surface area contributed by atoms with E-state index in [2.05, 4.69) is 10.0 Å². The van der Waals surface area contributed by atoms with Crippen molar-refractivity contribution in [1.82, 2.24) is 0 Å². The maximum absolute atomic E-state index is 10.6. The topological polar surface area (TPSA) is 86.1 Å². The number of hydrogen-bond acceptors (Lipinski definition) is 3. The van der Waals surface area contributed by atoms with E-state index < -0.39 is 12.0 Å². The Balaban J connectivity index is 2.54. The lowest BCUT2D eigenvalue weighted by atomic mass is 10.4. The maximum atomic E-state index is 10.6. The molecule has 1 rings (SSSR count). The number of rotatable bonds is 5. The molecular formula is C9H9N3O2S. The number of carboxylic acid groups (broad SMARTS) is 1. The molecule has 0 saturated carbocycles. The van der Waals surface area contributed by atoms with E-state index in [1.807, 2.05) is 30.3 Å². The molecule has 0 aliphatic heterocycles. The second kappa shape index (κ2) is 5.95. The van der Waals surface area contributed by atoms with Crippen molar-refractivity contribution in [2.75, 3.05) is 5.75 Å². The fourth-order valence-electron chi connectivity index (χ4n) is 0.908. The molecule has 0 amide bonds. The Morgan fingerprint density at radius 3 is 2.73 bits per heavy atom. The van der Waals surface area contributed by atoms with E-state index in [4.69, 9.17) is 10.6 Å². The first kappa shape index (κ1) is 11.4. The Bertz CT molecular complexity index is 374. The van der Waals surface area contributed by atoms with Gasteiger partial charge >= 0.3 is 5.97 Å². The summed E-state index contributed by atoms with van der Waals surface area (Å²) in [7, 11) is 0. The summed E-state index contributed by atoms with van der Waals surface area (Å²) in [5, 5.41) is 11.9. The number of nitrogens with zero attached hydrogens (tertiary/aromatic N) is 3. The summed E-state index contributed by atoms with van der Waals surface area (Å²) < 4.78 is 0. The predicted molar refractivity (Wildman–Crippen MR) is 57.7 cm³/mol. The standard InChI is InChI=1S/C9H9N3O2S/c10-12-11-8(9(13)14)6-15-7-4-2-1-3-5-7/h1-5,8H,6H2,(H,13,14).